The zero-order valence-corrected chi connectivity index (χ0v) is 21.3. The summed E-state index contributed by atoms with van der Waals surface area (Å²) in [6.45, 7) is 9.86. The van der Waals surface area contributed by atoms with E-state index in [0.29, 0.717) is 12.8 Å². The Balaban J connectivity index is 1.67. The van der Waals surface area contributed by atoms with Gasteiger partial charge >= 0.3 is 11.9 Å². The Hall–Kier alpha value is -2.58. The lowest BCUT2D eigenvalue weighted by Crippen LogP contribution is -2.60. The summed E-state index contributed by atoms with van der Waals surface area (Å²) in [6.07, 6.45) is -3.37. The number of aliphatic hydroxyl groups excluding tert-OH is 4. The van der Waals surface area contributed by atoms with Crippen molar-refractivity contribution in [3.63, 3.8) is 0 Å². The van der Waals surface area contributed by atoms with Gasteiger partial charge in [0.15, 0.2) is 6.29 Å². The van der Waals surface area contributed by atoms with Gasteiger partial charge < -0.3 is 49.2 Å². The van der Waals surface area contributed by atoms with Crippen molar-refractivity contribution >= 4 is 11.9 Å². The molecular weight excluding hydrogens is 504 g/mol. The number of carbonyl (C=O) groups excluding carboxylic acids is 2. The molecule has 3 aliphatic heterocycles. The molecule has 212 valence electrons. The largest absolute Gasteiger partial charge is 0.471 e. The molecule has 0 aromatic rings. The van der Waals surface area contributed by atoms with Crippen LogP contribution in [0.1, 0.15) is 33.1 Å². The first-order valence-electron chi connectivity index (χ1n) is 12.3. The van der Waals surface area contributed by atoms with E-state index in [1.54, 1.807) is 19.9 Å². The number of hydrogen-bond donors (Lipinski definition) is 5. The third-order valence-corrected chi connectivity index (χ3v) is 6.92. The third-order valence-electron chi connectivity index (χ3n) is 6.92. The van der Waals surface area contributed by atoms with E-state index < -0.39 is 79.3 Å². The van der Waals surface area contributed by atoms with Gasteiger partial charge in [-0.1, -0.05) is 18.2 Å². The van der Waals surface area contributed by atoms with E-state index in [9.17, 15) is 35.1 Å². The minimum atomic E-state index is -1.65. The summed E-state index contributed by atoms with van der Waals surface area (Å²) in [5.41, 5.74) is -0.618. The summed E-state index contributed by atoms with van der Waals surface area (Å²) in [7, 11) is 0. The molecule has 0 aromatic heterocycles. The number of esters is 2. The van der Waals surface area contributed by atoms with Crippen LogP contribution in [0.5, 0.6) is 0 Å². The maximum absolute atomic E-state index is 12.6. The maximum atomic E-state index is 12.6. The van der Waals surface area contributed by atoms with E-state index in [-0.39, 0.29) is 17.6 Å². The van der Waals surface area contributed by atoms with Gasteiger partial charge in [-0.15, -0.1) is 13.2 Å². The molecule has 0 radical (unpaired) electrons. The molecule has 12 nitrogen and oxygen atoms in total. The second kappa shape index (κ2) is 12.5. The highest BCUT2D eigenvalue weighted by atomic mass is 16.8. The molecule has 0 spiro atoms. The molecule has 0 aliphatic carbocycles. The fourth-order valence-electron chi connectivity index (χ4n) is 4.40. The molecule has 0 aromatic carbocycles. The zero-order chi connectivity index (χ0) is 28.2. The van der Waals surface area contributed by atoms with Gasteiger partial charge in [-0.25, -0.2) is 9.59 Å². The summed E-state index contributed by atoms with van der Waals surface area (Å²) < 4.78 is 27.3. The first-order chi connectivity index (χ1) is 17.9. The van der Waals surface area contributed by atoms with Gasteiger partial charge in [0, 0.05) is 23.8 Å². The van der Waals surface area contributed by atoms with Gasteiger partial charge in [0.25, 0.3) is 0 Å². The van der Waals surface area contributed by atoms with Crippen LogP contribution >= 0.6 is 0 Å². The molecule has 2 saturated heterocycles. The average molecular weight is 541 g/mol. The Kier molecular flexibility index (Phi) is 9.87. The van der Waals surface area contributed by atoms with Crippen molar-refractivity contribution in [2.75, 3.05) is 6.61 Å². The first kappa shape index (κ1) is 30.0. The molecule has 5 N–H and O–H groups in total. The minimum absolute atomic E-state index is 0.0658. The fraction of sp³-hybridized carbons (Fsp3) is 0.615. The smallest absolute Gasteiger partial charge is 0.340 e. The lowest BCUT2D eigenvalue weighted by Gasteiger charge is -2.44. The number of fused-ring (bicyclic) bond motifs is 1. The molecule has 38 heavy (non-hydrogen) atoms. The van der Waals surface area contributed by atoms with Gasteiger partial charge in [0.2, 0.25) is 12.6 Å². The van der Waals surface area contributed by atoms with Crippen molar-refractivity contribution in [2.24, 2.45) is 11.8 Å². The molecule has 0 amide bonds. The van der Waals surface area contributed by atoms with Crippen molar-refractivity contribution < 1.29 is 58.8 Å². The Morgan fingerprint density at radius 1 is 1.21 bits per heavy atom. The van der Waals surface area contributed by atoms with Gasteiger partial charge in [0.05, 0.1) is 24.0 Å². The molecule has 3 rings (SSSR count). The second-order valence-electron chi connectivity index (χ2n) is 9.79. The van der Waals surface area contributed by atoms with Crippen LogP contribution in [-0.4, -0.2) is 93.0 Å². The first-order valence-corrected chi connectivity index (χ1v) is 12.3. The number of ether oxygens (including phenoxy) is 5. The third kappa shape index (κ3) is 6.70. The van der Waals surface area contributed by atoms with E-state index in [2.05, 4.69) is 13.2 Å². The maximum Gasteiger partial charge on any atom is 0.340 e. The van der Waals surface area contributed by atoms with Crippen molar-refractivity contribution in [3.8, 4) is 0 Å². The molecule has 3 aliphatic rings. The monoisotopic (exact) mass is 540 g/mol. The Bertz CT molecular complexity index is 954. The number of allylic oxidation sites excluding steroid dienone is 1. The van der Waals surface area contributed by atoms with Crippen LogP contribution < -0.4 is 0 Å². The summed E-state index contributed by atoms with van der Waals surface area (Å²) in [5, 5.41) is 49.7. The molecule has 3 heterocycles. The highest BCUT2D eigenvalue weighted by molar-refractivity contribution is 5.91. The molecule has 12 heteroatoms. The molecule has 2 unspecified atom stereocenters. The predicted octanol–water partition coefficient (Wildman–Crippen LogP) is -0.0588. The number of carbonyl (C=O) groups is 2. The van der Waals surface area contributed by atoms with E-state index >= 15 is 0 Å². The quantitative estimate of drug-likeness (QED) is 0.142. The number of aliphatic hydroxyl groups is 5. The van der Waals surface area contributed by atoms with Crippen LogP contribution in [0.4, 0.5) is 0 Å². The van der Waals surface area contributed by atoms with Crippen LogP contribution in [0, 0.1) is 11.8 Å². The van der Waals surface area contributed by atoms with Crippen molar-refractivity contribution in [1.29, 1.82) is 0 Å². The van der Waals surface area contributed by atoms with Crippen molar-refractivity contribution in [2.45, 2.75) is 82.0 Å². The lowest BCUT2D eigenvalue weighted by atomic mass is 9.80. The average Bonchev–Trinajstić information content (AvgIpc) is 2.88. The molecule has 10 atom stereocenters. The Morgan fingerprint density at radius 2 is 1.92 bits per heavy atom. The van der Waals surface area contributed by atoms with Crippen molar-refractivity contribution in [1.82, 2.24) is 0 Å². The normalized spacial score (nSPS) is 37.0. The van der Waals surface area contributed by atoms with E-state index in [1.165, 1.54) is 12.2 Å². The minimum Gasteiger partial charge on any atom is -0.471 e. The van der Waals surface area contributed by atoms with E-state index in [4.69, 9.17) is 23.7 Å². The van der Waals surface area contributed by atoms with Crippen LogP contribution in [0.25, 0.3) is 0 Å². The number of cyclic esters (lactones) is 1. The van der Waals surface area contributed by atoms with Gasteiger partial charge in [-0.3, -0.25) is 0 Å². The number of hydrogen-bond acceptors (Lipinski definition) is 12. The molecule has 0 saturated carbocycles. The fourth-order valence-corrected chi connectivity index (χ4v) is 4.40. The number of rotatable bonds is 10. The van der Waals surface area contributed by atoms with Crippen LogP contribution in [0.15, 0.2) is 48.8 Å². The lowest BCUT2D eigenvalue weighted by molar-refractivity contribution is -0.340. The van der Waals surface area contributed by atoms with Gasteiger partial charge in [0.1, 0.15) is 24.4 Å². The van der Waals surface area contributed by atoms with Gasteiger partial charge in [-0.2, -0.15) is 0 Å². The summed E-state index contributed by atoms with van der Waals surface area (Å²) in [6, 6.07) is 0. The molecule has 2 fully saturated rings. The van der Waals surface area contributed by atoms with Crippen LogP contribution in [0.2, 0.25) is 0 Å². The van der Waals surface area contributed by atoms with E-state index in [1.807, 2.05) is 0 Å². The topological polar surface area (TPSA) is 181 Å². The summed E-state index contributed by atoms with van der Waals surface area (Å²) >= 11 is 0. The SMILES string of the molecule is C=C[C@H]1[C@H](O[C@@H]2O[C@H](CO)[C@@H](O)[C@H](O)[C@H]2O)OC=C2C(=O)OC(OC(=O)/C(C)=C/CCC(C)(O)C=C)C[C@H]21. The standard InChI is InChI=1S/C26H36O12/c1-5-14-15-10-18(36-22(31)13(3)8-7-9-26(4,33)6-2)37-23(32)16(15)12-34-24(14)38-25-21(30)20(29)19(28)17(11-27)35-25/h5-6,8,12,14-15,17-21,24-25,27-30,33H,1-2,7,9-11H2,3-4H3/b13-8+/t14-,15+,17-,18?,19-,20+,21-,24+,25+,26?/m1/s1. The van der Waals surface area contributed by atoms with Crippen LogP contribution in [0.3, 0.4) is 0 Å². The van der Waals surface area contributed by atoms with Crippen molar-refractivity contribution in [3.05, 3.63) is 48.8 Å². The van der Waals surface area contributed by atoms with E-state index in [0.717, 1.165) is 6.26 Å². The van der Waals surface area contributed by atoms with Crippen LogP contribution in [-0.2, 0) is 33.3 Å². The second-order valence-corrected chi connectivity index (χ2v) is 9.79. The summed E-state index contributed by atoms with van der Waals surface area (Å²) in [4.78, 5) is 25.2. The predicted molar refractivity (Wildman–Crippen MR) is 129 cm³/mol. The Morgan fingerprint density at radius 3 is 2.55 bits per heavy atom. The highest BCUT2D eigenvalue weighted by Crippen LogP contribution is 2.40. The Labute approximate surface area is 220 Å². The highest BCUT2D eigenvalue weighted by Gasteiger charge is 2.49. The summed E-state index contributed by atoms with van der Waals surface area (Å²) in [5.74, 6) is -2.72. The van der Waals surface area contributed by atoms with Gasteiger partial charge in [-0.05, 0) is 26.7 Å². The molecule has 0 bridgehead atoms. The zero-order valence-electron chi connectivity index (χ0n) is 21.3. The molecular formula is C26H36O12.